The molecule has 1 fully saturated rings. The summed E-state index contributed by atoms with van der Waals surface area (Å²) in [7, 11) is 1.72. The van der Waals surface area contributed by atoms with Gasteiger partial charge in [-0.25, -0.2) is 4.79 Å². The number of hydrogen-bond acceptors (Lipinski definition) is 6. The zero-order valence-electron chi connectivity index (χ0n) is 28.0. The number of ketones is 1. The molecule has 0 aliphatic carbocycles. The van der Waals surface area contributed by atoms with Crippen LogP contribution in [-0.2, 0) is 25.5 Å². The molecule has 0 radical (unpaired) electrons. The molecule has 0 bridgehead atoms. The van der Waals surface area contributed by atoms with E-state index in [1.165, 1.54) is 0 Å². The van der Waals surface area contributed by atoms with Crippen LogP contribution in [0.15, 0.2) is 66.2 Å². The summed E-state index contributed by atoms with van der Waals surface area (Å²) in [5.41, 5.74) is 2.42. The van der Waals surface area contributed by atoms with Gasteiger partial charge in [0, 0.05) is 36.2 Å². The molecule has 1 N–H and O–H groups in total. The molecule has 1 aliphatic heterocycles. The molecule has 2 aromatic rings. The summed E-state index contributed by atoms with van der Waals surface area (Å²) >= 11 is 0. The van der Waals surface area contributed by atoms with E-state index >= 15 is 0 Å². The molecule has 8 heteroatoms. The third-order valence-corrected chi connectivity index (χ3v) is 8.81. The molecule has 1 unspecified atom stereocenters. The Morgan fingerprint density at radius 3 is 2.22 bits per heavy atom. The van der Waals surface area contributed by atoms with Gasteiger partial charge in [0.15, 0.2) is 5.78 Å². The standard InChI is InChI=1S/C37H51N3O5/c1-8-27(6)40-22-14-13-17-32(40)35(42)38-31(36(43)39(7)33(25(3)4)23-26(5)37(44)45-9-2)24-28-18-20-30(21-19-28)34(41)29-15-11-10-12-16-29/h10-12,15-16,18-21,23,25,27,31-33H,8-9,13-14,17,22,24H2,1-7H3,(H,38,42)/t27?,31-,32+,33+/m0/s1. The second-order valence-electron chi connectivity index (χ2n) is 12.4. The van der Waals surface area contributed by atoms with Crippen LogP contribution in [0.2, 0.25) is 0 Å². The number of nitrogens with one attached hydrogen (secondary N) is 1. The van der Waals surface area contributed by atoms with E-state index in [1.54, 1.807) is 56.1 Å². The van der Waals surface area contributed by atoms with E-state index in [2.05, 4.69) is 24.1 Å². The molecule has 0 saturated carbocycles. The molecular weight excluding hydrogens is 566 g/mol. The second-order valence-corrected chi connectivity index (χ2v) is 12.4. The number of carbonyl (C=O) groups is 4. The Morgan fingerprint density at radius 2 is 1.62 bits per heavy atom. The summed E-state index contributed by atoms with van der Waals surface area (Å²) in [4.78, 5) is 57.3. The number of likely N-dealkylation sites (tertiary alicyclic amines) is 1. The summed E-state index contributed by atoms with van der Waals surface area (Å²) in [6.45, 7) is 12.8. The van der Waals surface area contributed by atoms with Gasteiger partial charge in [-0.15, -0.1) is 0 Å². The van der Waals surface area contributed by atoms with E-state index in [0.29, 0.717) is 16.7 Å². The SMILES string of the molecule is CCOC(=O)C(C)=C[C@H](C(C)C)N(C)C(=O)[C@H](Cc1ccc(C(=O)c2ccccc2)cc1)NC(=O)[C@H]1CCCCN1C(C)CC. The minimum Gasteiger partial charge on any atom is -0.463 e. The highest BCUT2D eigenvalue weighted by molar-refractivity contribution is 6.09. The van der Waals surface area contributed by atoms with Crippen molar-refractivity contribution < 1.29 is 23.9 Å². The van der Waals surface area contributed by atoms with Crippen molar-refractivity contribution in [1.29, 1.82) is 0 Å². The Balaban J connectivity index is 1.90. The van der Waals surface area contributed by atoms with Crippen molar-refractivity contribution >= 4 is 23.6 Å². The third-order valence-electron chi connectivity index (χ3n) is 8.81. The van der Waals surface area contributed by atoms with Crippen LogP contribution in [-0.4, -0.2) is 77.7 Å². The van der Waals surface area contributed by atoms with Crippen LogP contribution in [0.1, 0.15) is 88.7 Å². The summed E-state index contributed by atoms with van der Waals surface area (Å²) in [6, 6.07) is 15.1. The first-order chi connectivity index (χ1) is 21.5. The van der Waals surface area contributed by atoms with Gasteiger partial charge in [0.2, 0.25) is 11.8 Å². The molecule has 2 aromatic carbocycles. The highest BCUT2D eigenvalue weighted by Gasteiger charge is 2.35. The summed E-state index contributed by atoms with van der Waals surface area (Å²) < 4.78 is 5.17. The Labute approximate surface area is 269 Å². The quantitative estimate of drug-likeness (QED) is 0.169. The molecule has 1 aliphatic rings. The first kappa shape index (κ1) is 35.7. The van der Waals surface area contributed by atoms with Crippen LogP contribution >= 0.6 is 0 Å². The van der Waals surface area contributed by atoms with Crippen molar-refractivity contribution in [2.45, 2.75) is 97.8 Å². The third kappa shape index (κ3) is 9.60. The summed E-state index contributed by atoms with van der Waals surface area (Å²) in [5.74, 6) is -0.875. The molecular formula is C37H51N3O5. The first-order valence-electron chi connectivity index (χ1n) is 16.3. The van der Waals surface area contributed by atoms with Crippen molar-refractivity contribution in [3.63, 3.8) is 0 Å². The average molecular weight is 618 g/mol. The molecule has 8 nitrogen and oxygen atoms in total. The zero-order chi connectivity index (χ0) is 33.1. The number of esters is 1. The number of rotatable bonds is 14. The fourth-order valence-corrected chi connectivity index (χ4v) is 5.96. The molecule has 1 heterocycles. The first-order valence-corrected chi connectivity index (χ1v) is 16.3. The van der Waals surface area contributed by atoms with E-state index in [9.17, 15) is 19.2 Å². The van der Waals surface area contributed by atoms with E-state index in [4.69, 9.17) is 4.74 Å². The number of benzene rings is 2. The topological polar surface area (TPSA) is 96.0 Å². The molecule has 4 atom stereocenters. The summed E-state index contributed by atoms with van der Waals surface area (Å²) in [6.07, 6.45) is 5.74. The minimum atomic E-state index is -0.837. The smallest absolute Gasteiger partial charge is 0.333 e. The molecule has 0 spiro atoms. The highest BCUT2D eigenvalue weighted by Crippen LogP contribution is 2.23. The van der Waals surface area contributed by atoms with Crippen molar-refractivity contribution in [3.8, 4) is 0 Å². The number of piperidine rings is 1. The predicted molar refractivity (Wildman–Crippen MR) is 178 cm³/mol. The number of amides is 2. The second kappa shape index (κ2) is 17.1. The maximum Gasteiger partial charge on any atom is 0.333 e. The molecule has 244 valence electrons. The number of carbonyl (C=O) groups excluding carboxylic acids is 4. The van der Waals surface area contributed by atoms with Gasteiger partial charge in [0.1, 0.15) is 6.04 Å². The van der Waals surface area contributed by atoms with E-state index in [0.717, 1.165) is 37.8 Å². The number of nitrogens with zero attached hydrogens (tertiary/aromatic N) is 2. The molecule has 1 saturated heterocycles. The van der Waals surface area contributed by atoms with E-state index in [1.807, 2.05) is 44.2 Å². The van der Waals surface area contributed by atoms with Crippen molar-refractivity contribution in [2.75, 3.05) is 20.2 Å². The normalized spacial score (nSPS) is 17.7. The van der Waals surface area contributed by atoms with Crippen LogP contribution in [0.4, 0.5) is 0 Å². The molecule has 3 rings (SSSR count). The lowest BCUT2D eigenvalue weighted by Crippen LogP contribution is -2.58. The monoisotopic (exact) mass is 617 g/mol. The lowest BCUT2D eigenvalue weighted by molar-refractivity contribution is -0.139. The van der Waals surface area contributed by atoms with Crippen LogP contribution in [0, 0.1) is 5.92 Å². The lowest BCUT2D eigenvalue weighted by atomic mass is 9.95. The molecule has 0 aromatic heterocycles. The van der Waals surface area contributed by atoms with Gasteiger partial charge in [-0.2, -0.15) is 0 Å². The Kier molecular flexibility index (Phi) is 13.5. The largest absolute Gasteiger partial charge is 0.463 e. The number of hydrogen-bond donors (Lipinski definition) is 1. The van der Waals surface area contributed by atoms with Crippen LogP contribution in [0.5, 0.6) is 0 Å². The maximum atomic E-state index is 14.2. The minimum absolute atomic E-state index is 0.00204. The van der Waals surface area contributed by atoms with Crippen molar-refractivity contribution in [1.82, 2.24) is 15.1 Å². The van der Waals surface area contributed by atoms with E-state index < -0.39 is 18.1 Å². The fourth-order valence-electron chi connectivity index (χ4n) is 5.96. The van der Waals surface area contributed by atoms with Crippen LogP contribution < -0.4 is 5.32 Å². The van der Waals surface area contributed by atoms with Gasteiger partial charge in [-0.05, 0) is 58.1 Å². The van der Waals surface area contributed by atoms with Gasteiger partial charge in [0.05, 0.1) is 18.7 Å². The van der Waals surface area contributed by atoms with E-state index in [-0.39, 0.29) is 48.6 Å². The van der Waals surface area contributed by atoms with Crippen LogP contribution in [0.25, 0.3) is 0 Å². The lowest BCUT2D eigenvalue weighted by Gasteiger charge is -2.39. The fraction of sp³-hybridized carbons (Fsp3) is 0.514. The molecule has 2 amide bonds. The predicted octanol–water partition coefficient (Wildman–Crippen LogP) is 5.59. The zero-order valence-corrected chi connectivity index (χ0v) is 28.0. The Bertz CT molecular complexity index is 1320. The van der Waals surface area contributed by atoms with Gasteiger partial charge in [-0.3, -0.25) is 19.3 Å². The molecule has 45 heavy (non-hydrogen) atoms. The van der Waals surface area contributed by atoms with Gasteiger partial charge >= 0.3 is 5.97 Å². The number of likely N-dealkylation sites (N-methyl/N-ethyl adjacent to an activating group) is 1. The Morgan fingerprint density at radius 1 is 0.978 bits per heavy atom. The highest BCUT2D eigenvalue weighted by atomic mass is 16.5. The maximum absolute atomic E-state index is 14.2. The van der Waals surface area contributed by atoms with Gasteiger partial charge in [-0.1, -0.05) is 87.9 Å². The number of ether oxygens (including phenoxy) is 1. The summed E-state index contributed by atoms with van der Waals surface area (Å²) in [5, 5.41) is 3.13. The Hall–Kier alpha value is -3.78. The average Bonchev–Trinajstić information content (AvgIpc) is 3.06. The van der Waals surface area contributed by atoms with Gasteiger partial charge in [0.25, 0.3) is 0 Å². The van der Waals surface area contributed by atoms with Crippen molar-refractivity contribution in [3.05, 3.63) is 82.9 Å². The van der Waals surface area contributed by atoms with Crippen LogP contribution in [0.3, 0.4) is 0 Å². The van der Waals surface area contributed by atoms with Crippen molar-refractivity contribution in [2.24, 2.45) is 5.92 Å². The van der Waals surface area contributed by atoms with Gasteiger partial charge < -0.3 is 15.0 Å².